The molecule has 140 valence electrons. The molecular weight excluding hydrogens is 392 g/mol. The van der Waals surface area contributed by atoms with Gasteiger partial charge < -0.3 is 15.1 Å². The molecule has 0 unspecified atom stereocenters. The zero-order valence-electron chi connectivity index (χ0n) is 15.2. The smallest absolute Gasteiger partial charge is 0.191 e. The number of furan rings is 1. The molecule has 0 bridgehead atoms. The lowest BCUT2D eigenvalue weighted by molar-refractivity contribution is 0.198. The van der Waals surface area contributed by atoms with Gasteiger partial charge in [0, 0.05) is 50.2 Å². The molecule has 0 radical (unpaired) electrons. The zero-order valence-corrected chi connectivity index (χ0v) is 16.8. The van der Waals surface area contributed by atoms with E-state index in [9.17, 15) is 0 Å². The third-order valence-corrected chi connectivity index (χ3v) is 5.24. The highest BCUT2D eigenvalue weighted by Gasteiger charge is 2.20. The van der Waals surface area contributed by atoms with Gasteiger partial charge in [0.15, 0.2) is 5.96 Å². The first-order valence-corrected chi connectivity index (χ1v) is 9.98. The van der Waals surface area contributed by atoms with E-state index >= 15 is 0 Å². The van der Waals surface area contributed by atoms with Crippen LogP contribution < -0.4 is 10.6 Å². The van der Waals surface area contributed by atoms with Crippen LogP contribution in [0.1, 0.15) is 24.2 Å². The number of rotatable bonds is 6. The monoisotopic (exact) mass is 418 g/mol. The number of nitrogens with one attached hydrogen (secondary N) is 2. The lowest BCUT2D eigenvalue weighted by atomic mass is 10.0. The van der Waals surface area contributed by atoms with Gasteiger partial charge in [0.2, 0.25) is 0 Å². The van der Waals surface area contributed by atoms with E-state index in [1.165, 1.54) is 5.56 Å². The van der Waals surface area contributed by atoms with Crippen LogP contribution in [0.2, 0.25) is 0 Å². The molecule has 1 aromatic heterocycles. The van der Waals surface area contributed by atoms with Crippen molar-refractivity contribution in [2.75, 3.05) is 26.7 Å². The molecule has 2 aromatic rings. The van der Waals surface area contributed by atoms with E-state index < -0.39 is 0 Å². The number of hydrogen-bond donors (Lipinski definition) is 2. The molecule has 1 aliphatic rings. The van der Waals surface area contributed by atoms with Gasteiger partial charge in [-0.1, -0.05) is 28.1 Å². The second-order valence-corrected chi connectivity index (χ2v) is 7.57. The number of benzene rings is 1. The Morgan fingerprint density at radius 3 is 2.65 bits per heavy atom. The number of aliphatic imine (C=N–C) groups is 1. The normalized spacial score (nSPS) is 16.6. The highest BCUT2D eigenvalue weighted by molar-refractivity contribution is 9.10. The van der Waals surface area contributed by atoms with Gasteiger partial charge in [-0.05, 0) is 42.7 Å². The van der Waals surface area contributed by atoms with E-state index in [-0.39, 0.29) is 0 Å². The summed E-state index contributed by atoms with van der Waals surface area (Å²) in [7, 11) is 1.82. The second-order valence-electron chi connectivity index (χ2n) is 6.65. The molecule has 5 nitrogen and oxygen atoms in total. The quantitative estimate of drug-likeness (QED) is 0.557. The van der Waals surface area contributed by atoms with Crippen molar-refractivity contribution >= 4 is 21.9 Å². The van der Waals surface area contributed by atoms with Gasteiger partial charge in [-0.3, -0.25) is 9.89 Å². The maximum absolute atomic E-state index is 5.36. The number of hydrogen-bond acceptors (Lipinski definition) is 3. The third-order valence-electron chi connectivity index (χ3n) is 4.72. The van der Waals surface area contributed by atoms with E-state index in [4.69, 9.17) is 4.42 Å². The third kappa shape index (κ3) is 5.88. The molecule has 0 atom stereocenters. The average Bonchev–Trinajstić information content (AvgIpc) is 3.18. The second kappa shape index (κ2) is 9.78. The molecule has 0 spiro atoms. The van der Waals surface area contributed by atoms with Gasteiger partial charge in [-0.15, -0.1) is 0 Å². The number of halogens is 1. The van der Waals surface area contributed by atoms with Gasteiger partial charge >= 0.3 is 0 Å². The molecule has 1 saturated heterocycles. The Kier molecular flexibility index (Phi) is 7.14. The Morgan fingerprint density at radius 2 is 2.00 bits per heavy atom. The lowest BCUT2D eigenvalue weighted by Gasteiger charge is -2.33. The van der Waals surface area contributed by atoms with Crippen molar-refractivity contribution in [1.29, 1.82) is 0 Å². The van der Waals surface area contributed by atoms with Crippen molar-refractivity contribution in [2.24, 2.45) is 4.99 Å². The fraction of sp³-hybridized carbons (Fsp3) is 0.450. The molecule has 26 heavy (non-hydrogen) atoms. The van der Waals surface area contributed by atoms with Gasteiger partial charge in [0.05, 0.1) is 6.26 Å². The molecule has 2 N–H and O–H groups in total. The first-order valence-electron chi connectivity index (χ1n) is 9.19. The predicted molar refractivity (Wildman–Crippen MR) is 109 cm³/mol. The fourth-order valence-electron chi connectivity index (χ4n) is 3.23. The maximum atomic E-state index is 5.36. The Labute approximate surface area is 164 Å². The highest BCUT2D eigenvalue weighted by Crippen LogP contribution is 2.16. The molecule has 1 fully saturated rings. The fourth-order valence-corrected chi connectivity index (χ4v) is 3.49. The summed E-state index contributed by atoms with van der Waals surface area (Å²) in [5.74, 6) is 1.87. The maximum Gasteiger partial charge on any atom is 0.191 e. The van der Waals surface area contributed by atoms with Crippen LogP contribution >= 0.6 is 15.9 Å². The first kappa shape index (κ1) is 19.0. The molecular formula is C20H27BrN4O. The molecule has 0 amide bonds. The van der Waals surface area contributed by atoms with Crippen LogP contribution in [-0.4, -0.2) is 43.6 Å². The van der Waals surface area contributed by atoms with Crippen LogP contribution in [0.15, 0.2) is 56.5 Å². The van der Waals surface area contributed by atoms with E-state index in [0.717, 1.165) is 61.6 Å². The standard InChI is InChI=1S/C20H27BrN4O/c1-22-20(23-11-8-19-3-2-14-26-19)24-18-9-12-25(13-10-18)15-16-4-6-17(21)7-5-16/h2-7,14,18H,8-13,15H2,1H3,(H2,22,23,24). The summed E-state index contributed by atoms with van der Waals surface area (Å²) in [4.78, 5) is 6.86. The van der Waals surface area contributed by atoms with Crippen molar-refractivity contribution in [3.05, 3.63) is 58.5 Å². The van der Waals surface area contributed by atoms with Crippen molar-refractivity contribution in [3.63, 3.8) is 0 Å². The van der Waals surface area contributed by atoms with E-state index in [0.29, 0.717) is 6.04 Å². The minimum absolute atomic E-state index is 0.478. The molecule has 3 rings (SSSR count). The topological polar surface area (TPSA) is 52.8 Å². The minimum atomic E-state index is 0.478. The van der Waals surface area contributed by atoms with Crippen LogP contribution in [0.3, 0.4) is 0 Å². The number of nitrogens with zero attached hydrogens (tertiary/aromatic N) is 2. The van der Waals surface area contributed by atoms with Crippen LogP contribution in [0.25, 0.3) is 0 Å². The Morgan fingerprint density at radius 1 is 1.23 bits per heavy atom. The minimum Gasteiger partial charge on any atom is -0.469 e. The van der Waals surface area contributed by atoms with Crippen molar-refractivity contribution in [3.8, 4) is 0 Å². The highest BCUT2D eigenvalue weighted by atomic mass is 79.9. The van der Waals surface area contributed by atoms with Gasteiger partial charge in [-0.25, -0.2) is 0 Å². The Bertz CT molecular complexity index is 676. The SMILES string of the molecule is CN=C(NCCc1ccco1)NC1CCN(Cc2ccc(Br)cc2)CC1. The lowest BCUT2D eigenvalue weighted by Crippen LogP contribution is -2.48. The van der Waals surface area contributed by atoms with Gasteiger partial charge in [-0.2, -0.15) is 0 Å². The molecule has 1 aromatic carbocycles. The summed E-state index contributed by atoms with van der Waals surface area (Å²) in [6.45, 7) is 4.06. The molecule has 0 aliphatic carbocycles. The van der Waals surface area contributed by atoms with Crippen molar-refractivity contribution in [2.45, 2.75) is 31.8 Å². The van der Waals surface area contributed by atoms with Gasteiger partial charge in [0.25, 0.3) is 0 Å². The number of piperidine rings is 1. The van der Waals surface area contributed by atoms with Crippen LogP contribution in [0, 0.1) is 0 Å². The van der Waals surface area contributed by atoms with Crippen molar-refractivity contribution < 1.29 is 4.42 Å². The van der Waals surface area contributed by atoms with Crippen LogP contribution in [-0.2, 0) is 13.0 Å². The Balaban J connectivity index is 1.37. The summed E-state index contributed by atoms with van der Waals surface area (Å²) < 4.78 is 6.49. The van der Waals surface area contributed by atoms with E-state index in [2.05, 4.69) is 60.7 Å². The predicted octanol–water partition coefficient (Wildman–Crippen LogP) is 3.41. The molecule has 6 heteroatoms. The largest absolute Gasteiger partial charge is 0.469 e. The number of guanidine groups is 1. The summed E-state index contributed by atoms with van der Waals surface area (Å²) >= 11 is 3.49. The first-order chi connectivity index (χ1) is 12.7. The van der Waals surface area contributed by atoms with E-state index in [1.54, 1.807) is 6.26 Å². The molecule has 2 heterocycles. The summed E-state index contributed by atoms with van der Waals surface area (Å²) in [6.07, 6.45) is 4.84. The summed E-state index contributed by atoms with van der Waals surface area (Å²) in [6, 6.07) is 13.0. The average molecular weight is 419 g/mol. The summed E-state index contributed by atoms with van der Waals surface area (Å²) in [5.41, 5.74) is 1.37. The summed E-state index contributed by atoms with van der Waals surface area (Å²) in [5, 5.41) is 6.93. The van der Waals surface area contributed by atoms with Crippen molar-refractivity contribution in [1.82, 2.24) is 15.5 Å². The Hall–Kier alpha value is -1.79. The zero-order chi connectivity index (χ0) is 18.2. The van der Waals surface area contributed by atoms with Gasteiger partial charge in [0.1, 0.15) is 5.76 Å². The number of likely N-dealkylation sites (tertiary alicyclic amines) is 1. The van der Waals surface area contributed by atoms with Crippen LogP contribution in [0.4, 0.5) is 0 Å². The van der Waals surface area contributed by atoms with Crippen LogP contribution in [0.5, 0.6) is 0 Å². The molecule has 1 aliphatic heterocycles. The van der Waals surface area contributed by atoms with E-state index in [1.807, 2.05) is 19.2 Å². The molecule has 0 saturated carbocycles.